The zero-order valence-corrected chi connectivity index (χ0v) is 22.7. The summed E-state index contributed by atoms with van der Waals surface area (Å²) in [7, 11) is 1.56. The van der Waals surface area contributed by atoms with Crippen molar-refractivity contribution in [2.45, 2.75) is 45.6 Å². The number of ketones is 1. The summed E-state index contributed by atoms with van der Waals surface area (Å²) in [5, 5.41) is 11.4. The molecule has 1 amide bonds. The van der Waals surface area contributed by atoms with Crippen molar-refractivity contribution in [3.8, 4) is 17.2 Å². The number of anilines is 1. The average Bonchev–Trinajstić information content (AvgIpc) is 3.24. The van der Waals surface area contributed by atoms with Crippen LogP contribution in [0.25, 0.3) is 5.76 Å². The maximum Gasteiger partial charge on any atom is 0.300 e. The number of carbonyl (C=O) groups is 2. The number of hydrogen-bond acceptors (Lipinski definition) is 6. The minimum Gasteiger partial charge on any atom is -0.507 e. The Balaban J connectivity index is 1.73. The molecule has 1 heterocycles. The van der Waals surface area contributed by atoms with E-state index in [9.17, 15) is 14.7 Å². The highest BCUT2D eigenvalue weighted by Crippen LogP contribution is 2.43. The molecule has 7 heteroatoms. The Labute approximate surface area is 229 Å². The lowest BCUT2D eigenvalue weighted by Gasteiger charge is -2.25. The first kappa shape index (κ1) is 27.8. The molecule has 0 saturated carbocycles. The largest absolute Gasteiger partial charge is 0.507 e. The predicted molar refractivity (Wildman–Crippen MR) is 151 cm³/mol. The summed E-state index contributed by atoms with van der Waals surface area (Å²) in [5.74, 6) is 0.296. The number of aliphatic hydroxyl groups excluding tert-OH is 1. The van der Waals surface area contributed by atoms with Crippen LogP contribution in [0, 0.1) is 0 Å². The number of methoxy groups -OCH3 is 1. The molecular formula is C32H35NO6. The summed E-state index contributed by atoms with van der Waals surface area (Å²) >= 11 is 0. The Morgan fingerprint density at radius 2 is 1.36 bits per heavy atom. The van der Waals surface area contributed by atoms with Crippen molar-refractivity contribution in [2.24, 2.45) is 0 Å². The molecule has 3 aromatic carbocycles. The number of carbonyl (C=O) groups excluding carboxylic acids is 2. The van der Waals surface area contributed by atoms with Crippen LogP contribution in [-0.2, 0) is 9.59 Å². The number of rotatable bonds is 12. The molecule has 4 rings (SSSR count). The smallest absolute Gasteiger partial charge is 0.300 e. The molecule has 1 aliphatic rings. The molecule has 3 aromatic rings. The Kier molecular flexibility index (Phi) is 9.26. The Morgan fingerprint density at radius 3 is 1.95 bits per heavy atom. The van der Waals surface area contributed by atoms with E-state index >= 15 is 0 Å². The second-order valence-electron chi connectivity index (χ2n) is 9.36. The van der Waals surface area contributed by atoms with Gasteiger partial charge >= 0.3 is 0 Å². The third-order valence-corrected chi connectivity index (χ3v) is 6.61. The van der Waals surface area contributed by atoms with Gasteiger partial charge in [0.2, 0.25) is 0 Å². The van der Waals surface area contributed by atoms with Crippen LogP contribution in [-0.4, -0.2) is 37.1 Å². The predicted octanol–water partition coefficient (Wildman–Crippen LogP) is 6.68. The fourth-order valence-electron chi connectivity index (χ4n) is 4.53. The molecule has 0 spiro atoms. The second kappa shape index (κ2) is 13.0. The number of ether oxygens (including phenoxy) is 3. The third kappa shape index (κ3) is 6.25. The van der Waals surface area contributed by atoms with E-state index in [0.717, 1.165) is 25.7 Å². The van der Waals surface area contributed by atoms with Gasteiger partial charge in [-0.05, 0) is 79.1 Å². The quantitative estimate of drug-likeness (QED) is 0.122. The Bertz CT molecular complexity index is 1300. The molecule has 0 aliphatic carbocycles. The van der Waals surface area contributed by atoms with E-state index in [2.05, 4.69) is 6.92 Å². The van der Waals surface area contributed by atoms with Crippen LogP contribution in [0.5, 0.6) is 17.2 Å². The first-order chi connectivity index (χ1) is 19.0. The zero-order valence-electron chi connectivity index (χ0n) is 22.7. The summed E-state index contributed by atoms with van der Waals surface area (Å²) < 4.78 is 16.8. The third-order valence-electron chi connectivity index (χ3n) is 6.61. The van der Waals surface area contributed by atoms with E-state index in [4.69, 9.17) is 14.2 Å². The van der Waals surface area contributed by atoms with Crippen molar-refractivity contribution in [3.05, 3.63) is 89.5 Å². The van der Waals surface area contributed by atoms with Crippen molar-refractivity contribution in [2.75, 3.05) is 25.2 Å². The first-order valence-corrected chi connectivity index (χ1v) is 13.4. The molecule has 7 nitrogen and oxygen atoms in total. The molecule has 1 aliphatic heterocycles. The fourth-order valence-corrected chi connectivity index (χ4v) is 4.53. The zero-order chi connectivity index (χ0) is 27.8. The van der Waals surface area contributed by atoms with E-state index in [1.54, 1.807) is 55.6 Å². The highest BCUT2D eigenvalue weighted by Gasteiger charge is 2.47. The SMILES string of the molecule is CCCCCOc1ccc(/C(O)=C2\C(=O)C(=O)N(c3ccc(OC)cc3)C2c2ccc(OCCC)cc2)cc1. The number of hydrogen-bond donors (Lipinski definition) is 1. The lowest BCUT2D eigenvalue weighted by atomic mass is 9.95. The van der Waals surface area contributed by atoms with Crippen LogP contribution < -0.4 is 19.1 Å². The minimum atomic E-state index is -0.830. The molecule has 1 fully saturated rings. The number of nitrogens with zero attached hydrogens (tertiary/aromatic N) is 1. The van der Waals surface area contributed by atoms with Crippen LogP contribution in [0.2, 0.25) is 0 Å². The van der Waals surface area contributed by atoms with Gasteiger partial charge < -0.3 is 19.3 Å². The van der Waals surface area contributed by atoms with Gasteiger partial charge in [-0.25, -0.2) is 0 Å². The molecule has 0 bridgehead atoms. The van der Waals surface area contributed by atoms with Gasteiger partial charge in [-0.3, -0.25) is 14.5 Å². The van der Waals surface area contributed by atoms with Crippen LogP contribution >= 0.6 is 0 Å². The molecule has 1 unspecified atom stereocenters. The molecular weight excluding hydrogens is 494 g/mol. The van der Waals surface area contributed by atoms with Gasteiger partial charge in [0.05, 0.1) is 31.9 Å². The first-order valence-electron chi connectivity index (χ1n) is 13.4. The molecule has 204 valence electrons. The monoisotopic (exact) mass is 529 g/mol. The van der Waals surface area contributed by atoms with Gasteiger partial charge in [-0.15, -0.1) is 0 Å². The summed E-state index contributed by atoms with van der Waals surface area (Å²) in [6.45, 7) is 5.37. The van der Waals surface area contributed by atoms with Crippen LogP contribution in [0.3, 0.4) is 0 Å². The van der Waals surface area contributed by atoms with E-state index < -0.39 is 17.7 Å². The fraction of sp³-hybridized carbons (Fsp3) is 0.312. The van der Waals surface area contributed by atoms with Gasteiger partial charge in [-0.1, -0.05) is 38.8 Å². The highest BCUT2D eigenvalue weighted by molar-refractivity contribution is 6.51. The molecule has 1 saturated heterocycles. The van der Waals surface area contributed by atoms with E-state index in [1.807, 2.05) is 31.2 Å². The van der Waals surface area contributed by atoms with Gasteiger partial charge in [0.15, 0.2) is 0 Å². The van der Waals surface area contributed by atoms with Crippen molar-refractivity contribution in [3.63, 3.8) is 0 Å². The number of unbranched alkanes of at least 4 members (excludes halogenated alkanes) is 2. The molecule has 1 N–H and O–H groups in total. The van der Waals surface area contributed by atoms with Crippen molar-refractivity contribution in [1.29, 1.82) is 0 Å². The minimum absolute atomic E-state index is 0.0228. The van der Waals surface area contributed by atoms with Crippen LogP contribution in [0.1, 0.15) is 56.7 Å². The summed E-state index contributed by atoms with van der Waals surface area (Å²) in [5.41, 5.74) is 1.64. The number of aliphatic hydroxyl groups is 1. The number of benzene rings is 3. The van der Waals surface area contributed by atoms with Gasteiger partial charge in [0.25, 0.3) is 11.7 Å². The van der Waals surface area contributed by atoms with E-state index in [1.165, 1.54) is 4.90 Å². The van der Waals surface area contributed by atoms with Crippen LogP contribution in [0.15, 0.2) is 78.4 Å². The standard InChI is InChI=1S/C32H35NO6/c1-4-6-7-21-39-27-16-10-23(11-17-27)30(34)28-29(22-8-14-26(15-9-22)38-20-5-2)33(32(36)31(28)35)24-12-18-25(37-3)19-13-24/h8-19,29,34H,4-7,20-21H2,1-3H3/b30-28+. The maximum atomic E-state index is 13.4. The average molecular weight is 530 g/mol. The molecule has 39 heavy (non-hydrogen) atoms. The normalized spacial score (nSPS) is 16.4. The molecule has 1 atom stereocenters. The second-order valence-corrected chi connectivity index (χ2v) is 9.36. The molecule has 0 radical (unpaired) electrons. The van der Waals surface area contributed by atoms with Gasteiger partial charge in [0.1, 0.15) is 23.0 Å². The Morgan fingerprint density at radius 1 is 0.769 bits per heavy atom. The van der Waals surface area contributed by atoms with Gasteiger partial charge in [-0.2, -0.15) is 0 Å². The van der Waals surface area contributed by atoms with E-state index in [-0.39, 0.29) is 11.3 Å². The Hall–Kier alpha value is -4.26. The van der Waals surface area contributed by atoms with Crippen molar-refractivity contribution >= 4 is 23.1 Å². The highest BCUT2D eigenvalue weighted by atomic mass is 16.5. The van der Waals surface area contributed by atoms with Gasteiger partial charge in [0, 0.05) is 11.3 Å². The van der Waals surface area contributed by atoms with Crippen molar-refractivity contribution in [1.82, 2.24) is 0 Å². The summed E-state index contributed by atoms with van der Waals surface area (Å²) in [4.78, 5) is 28.2. The summed E-state index contributed by atoms with van der Waals surface area (Å²) in [6, 6.07) is 20.2. The number of Topliss-reactive ketones (excluding diaryl/α,β-unsaturated/α-hetero) is 1. The van der Waals surface area contributed by atoms with Crippen LogP contribution in [0.4, 0.5) is 5.69 Å². The maximum absolute atomic E-state index is 13.4. The number of amides is 1. The lowest BCUT2D eigenvalue weighted by molar-refractivity contribution is -0.132. The molecule has 0 aromatic heterocycles. The van der Waals surface area contributed by atoms with E-state index in [0.29, 0.717) is 47.3 Å². The topological polar surface area (TPSA) is 85.3 Å². The summed E-state index contributed by atoms with van der Waals surface area (Å²) in [6.07, 6.45) is 4.05. The van der Waals surface area contributed by atoms with Crippen molar-refractivity contribution < 1.29 is 28.9 Å². The lowest BCUT2D eigenvalue weighted by Crippen LogP contribution is -2.29.